The fourth-order valence-corrected chi connectivity index (χ4v) is 2.71. The van der Waals surface area contributed by atoms with Crippen molar-refractivity contribution in [1.29, 1.82) is 0 Å². The molecule has 2 aromatic heterocycles. The van der Waals surface area contributed by atoms with E-state index in [9.17, 15) is 4.79 Å². The molecule has 0 aliphatic carbocycles. The summed E-state index contributed by atoms with van der Waals surface area (Å²) in [6, 6.07) is 5.60. The summed E-state index contributed by atoms with van der Waals surface area (Å²) in [5, 5.41) is 8.86. The highest BCUT2D eigenvalue weighted by atomic mass is 79.9. The Labute approximate surface area is 116 Å². The number of ether oxygens (including phenoxy) is 1. The van der Waals surface area contributed by atoms with Crippen LogP contribution in [0.15, 0.2) is 22.8 Å². The lowest BCUT2D eigenvalue weighted by Crippen LogP contribution is -2.01. The molecule has 0 unspecified atom stereocenters. The predicted molar refractivity (Wildman–Crippen MR) is 72.6 cm³/mol. The third kappa shape index (κ3) is 1.77. The van der Waals surface area contributed by atoms with Crippen molar-refractivity contribution in [2.45, 2.75) is 6.42 Å². The molecule has 2 heterocycles. The number of methoxy groups -OCH3 is 1. The van der Waals surface area contributed by atoms with Gasteiger partial charge in [0.05, 0.1) is 24.7 Å². The molecule has 98 valence electrons. The van der Waals surface area contributed by atoms with Crippen LogP contribution in [0.2, 0.25) is 0 Å². The molecule has 19 heavy (non-hydrogen) atoms. The summed E-state index contributed by atoms with van der Waals surface area (Å²) < 4.78 is 7.76. The lowest BCUT2D eigenvalue weighted by atomic mass is 10.3. The van der Waals surface area contributed by atoms with Crippen LogP contribution in [-0.4, -0.2) is 32.6 Å². The Morgan fingerprint density at radius 1 is 1.58 bits per heavy atom. The number of carboxylic acid groups (broad SMARTS) is 1. The van der Waals surface area contributed by atoms with Gasteiger partial charge in [0, 0.05) is 0 Å². The Bertz CT molecular complexity index is 790. The number of para-hydroxylation sites is 1. The fourth-order valence-electron chi connectivity index (χ4n) is 2.11. The summed E-state index contributed by atoms with van der Waals surface area (Å²) in [6.07, 6.45) is -0.0879. The van der Waals surface area contributed by atoms with Crippen molar-refractivity contribution in [2.75, 3.05) is 7.11 Å². The van der Waals surface area contributed by atoms with Gasteiger partial charge in [-0.05, 0) is 28.1 Å². The molecule has 2 N–H and O–H groups in total. The largest absolute Gasteiger partial charge is 0.494 e. The first-order valence-corrected chi connectivity index (χ1v) is 6.34. The van der Waals surface area contributed by atoms with Crippen molar-refractivity contribution in [2.24, 2.45) is 0 Å². The molecular formula is C12H10BrN3O3. The molecule has 0 radical (unpaired) electrons. The van der Waals surface area contributed by atoms with E-state index in [1.54, 1.807) is 7.11 Å². The second kappa shape index (κ2) is 4.27. The molecule has 1 aromatic carbocycles. The summed E-state index contributed by atoms with van der Waals surface area (Å²) in [7, 11) is 1.59. The van der Waals surface area contributed by atoms with Gasteiger partial charge in [0.1, 0.15) is 15.9 Å². The minimum atomic E-state index is -0.896. The first kappa shape index (κ1) is 12.0. The van der Waals surface area contributed by atoms with Gasteiger partial charge in [-0.15, -0.1) is 0 Å². The van der Waals surface area contributed by atoms with E-state index in [2.05, 4.69) is 25.9 Å². The zero-order valence-corrected chi connectivity index (χ0v) is 11.6. The minimum Gasteiger partial charge on any atom is -0.494 e. The number of aromatic amines is 1. The number of hydrogen-bond donors (Lipinski definition) is 2. The first-order valence-electron chi connectivity index (χ1n) is 5.55. The Balaban J connectivity index is 2.30. The van der Waals surface area contributed by atoms with Gasteiger partial charge in [0.15, 0.2) is 0 Å². The Morgan fingerprint density at radius 2 is 2.37 bits per heavy atom. The van der Waals surface area contributed by atoms with E-state index in [1.165, 1.54) is 0 Å². The van der Waals surface area contributed by atoms with Crippen molar-refractivity contribution < 1.29 is 14.6 Å². The molecule has 0 aliphatic rings. The maximum atomic E-state index is 10.8. The van der Waals surface area contributed by atoms with E-state index in [-0.39, 0.29) is 6.42 Å². The number of nitrogens with zero attached hydrogens (tertiary/aromatic N) is 2. The van der Waals surface area contributed by atoms with Gasteiger partial charge in [-0.1, -0.05) is 6.07 Å². The van der Waals surface area contributed by atoms with Crippen molar-refractivity contribution in [3.63, 3.8) is 0 Å². The number of carbonyl (C=O) groups is 1. The molecule has 0 saturated carbocycles. The molecule has 7 heteroatoms. The summed E-state index contributed by atoms with van der Waals surface area (Å²) in [5.41, 5.74) is 2.17. The number of fused-ring (bicyclic) bond motifs is 3. The van der Waals surface area contributed by atoms with Crippen LogP contribution >= 0.6 is 15.9 Å². The summed E-state index contributed by atoms with van der Waals surface area (Å²) in [6.45, 7) is 0. The number of aliphatic carboxylic acids is 1. The van der Waals surface area contributed by atoms with Crippen LogP contribution in [-0.2, 0) is 11.2 Å². The standard InChI is InChI=1S/C12H10BrN3O3/c1-19-8-4-2-3-7-10(8)15-12-14-6(5-9(17)18)11(13)16(7)12/h2-4H,5H2,1H3,(H,14,15)(H,17,18). The minimum absolute atomic E-state index is 0.0879. The smallest absolute Gasteiger partial charge is 0.309 e. The normalized spacial score (nSPS) is 11.3. The van der Waals surface area contributed by atoms with Gasteiger partial charge in [0.25, 0.3) is 0 Å². The highest BCUT2D eigenvalue weighted by Crippen LogP contribution is 2.29. The number of halogens is 1. The van der Waals surface area contributed by atoms with Crippen LogP contribution in [0.25, 0.3) is 16.8 Å². The zero-order chi connectivity index (χ0) is 13.6. The molecule has 0 bridgehead atoms. The van der Waals surface area contributed by atoms with Crippen molar-refractivity contribution in [3.8, 4) is 5.75 Å². The van der Waals surface area contributed by atoms with E-state index in [0.717, 1.165) is 11.0 Å². The molecule has 0 amide bonds. The van der Waals surface area contributed by atoms with E-state index in [0.29, 0.717) is 21.8 Å². The van der Waals surface area contributed by atoms with E-state index in [1.807, 2.05) is 22.6 Å². The molecule has 0 atom stereocenters. The van der Waals surface area contributed by atoms with Crippen LogP contribution in [0.1, 0.15) is 5.69 Å². The number of imidazole rings is 2. The SMILES string of the molecule is COc1cccc2c1nc1[nH]c(CC(=O)O)c(Br)n12. The third-order valence-corrected chi connectivity index (χ3v) is 3.74. The quantitative estimate of drug-likeness (QED) is 0.774. The Morgan fingerprint density at radius 3 is 3.05 bits per heavy atom. The summed E-state index contributed by atoms with van der Waals surface area (Å²) in [5.74, 6) is 0.371. The Kier molecular flexibility index (Phi) is 2.70. The van der Waals surface area contributed by atoms with Crippen molar-refractivity contribution >= 4 is 38.7 Å². The maximum absolute atomic E-state index is 10.8. The van der Waals surface area contributed by atoms with Crippen LogP contribution in [0.4, 0.5) is 0 Å². The van der Waals surface area contributed by atoms with Crippen LogP contribution < -0.4 is 4.74 Å². The second-order valence-corrected chi connectivity index (χ2v) is 4.81. The van der Waals surface area contributed by atoms with Gasteiger partial charge < -0.3 is 14.8 Å². The number of H-pyrrole nitrogens is 1. The van der Waals surface area contributed by atoms with Crippen LogP contribution in [0, 0.1) is 0 Å². The topological polar surface area (TPSA) is 79.6 Å². The number of aromatic nitrogens is 3. The number of hydrogen-bond acceptors (Lipinski definition) is 3. The van der Waals surface area contributed by atoms with E-state index >= 15 is 0 Å². The highest BCUT2D eigenvalue weighted by molar-refractivity contribution is 9.10. The number of benzene rings is 1. The fraction of sp³-hybridized carbons (Fsp3) is 0.167. The molecular weight excluding hydrogens is 314 g/mol. The average Bonchev–Trinajstić information content (AvgIpc) is 2.86. The van der Waals surface area contributed by atoms with Gasteiger partial charge in [-0.2, -0.15) is 0 Å². The monoisotopic (exact) mass is 323 g/mol. The molecule has 0 aliphatic heterocycles. The van der Waals surface area contributed by atoms with E-state index < -0.39 is 5.97 Å². The van der Waals surface area contributed by atoms with Crippen LogP contribution in [0.3, 0.4) is 0 Å². The van der Waals surface area contributed by atoms with Crippen molar-refractivity contribution in [3.05, 3.63) is 28.5 Å². The lowest BCUT2D eigenvalue weighted by molar-refractivity contribution is -0.136. The number of rotatable bonds is 3. The maximum Gasteiger partial charge on any atom is 0.309 e. The molecule has 0 spiro atoms. The zero-order valence-electron chi connectivity index (χ0n) is 9.98. The molecule has 3 rings (SSSR count). The molecule has 0 fully saturated rings. The molecule has 6 nitrogen and oxygen atoms in total. The lowest BCUT2D eigenvalue weighted by Gasteiger charge is -2.00. The van der Waals surface area contributed by atoms with Gasteiger partial charge in [0.2, 0.25) is 5.78 Å². The van der Waals surface area contributed by atoms with E-state index in [4.69, 9.17) is 9.84 Å². The van der Waals surface area contributed by atoms with Gasteiger partial charge in [-0.25, -0.2) is 4.98 Å². The number of nitrogens with one attached hydrogen (secondary N) is 1. The van der Waals surface area contributed by atoms with Gasteiger partial charge >= 0.3 is 5.97 Å². The summed E-state index contributed by atoms with van der Waals surface area (Å²) in [4.78, 5) is 18.2. The summed E-state index contributed by atoms with van der Waals surface area (Å²) >= 11 is 3.41. The van der Waals surface area contributed by atoms with Crippen LogP contribution in [0.5, 0.6) is 5.75 Å². The first-order chi connectivity index (χ1) is 9.11. The predicted octanol–water partition coefficient (Wildman–Crippen LogP) is 2.21. The third-order valence-electron chi connectivity index (χ3n) is 2.90. The molecule has 3 aromatic rings. The Hall–Kier alpha value is -2.02. The average molecular weight is 324 g/mol. The van der Waals surface area contributed by atoms with Gasteiger partial charge in [-0.3, -0.25) is 9.20 Å². The van der Waals surface area contributed by atoms with Crippen molar-refractivity contribution in [1.82, 2.24) is 14.4 Å². The highest BCUT2D eigenvalue weighted by Gasteiger charge is 2.17. The number of carboxylic acids is 1. The molecule has 0 saturated heterocycles. The second-order valence-electron chi connectivity index (χ2n) is 4.06.